The maximum absolute atomic E-state index is 11.8. The summed E-state index contributed by atoms with van der Waals surface area (Å²) in [5.41, 5.74) is 1.39. The lowest BCUT2D eigenvalue weighted by molar-refractivity contribution is 0.0948. The molecule has 0 atom stereocenters. The second kappa shape index (κ2) is 6.08. The molecule has 7 heteroatoms. The molecule has 110 valence electrons. The number of aromatic hydroxyl groups is 2. The van der Waals surface area contributed by atoms with Gasteiger partial charge in [0.05, 0.1) is 0 Å². The molecule has 21 heavy (non-hydrogen) atoms. The van der Waals surface area contributed by atoms with E-state index in [1.807, 2.05) is 0 Å². The van der Waals surface area contributed by atoms with E-state index in [2.05, 4.69) is 15.5 Å². The molecule has 0 aliphatic rings. The van der Waals surface area contributed by atoms with E-state index in [0.29, 0.717) is 13.0 Å². The standard InChI is InChI=1S/C14H15N3O4/c1-8-6-11(18)12(19)7-9(8)4-5-15-14(21)10-2-3-13(20)17-16-10/h2-3,6-7,18-19H,4-5H2,1H3,(H,15,21)(H,17,20). The van der Waals surface area contributed by atoms with Crippen LogP contribution in [-0.2, 0) is 6.42 Å². The first-order valence-corrected chi connectivity index (χ1v) is 6.33. The Balaban J connectivity index is 1.95. The van der Waals surface area contributed by atoms with E-state index in [9.17, 15) is 19.8 Å². The summed E-state index contributed by atoms with van der Waals surface area (Å²) in [6.45, 7) is 2.14. The van der Waals surface area contributed by atoms with Gasteiger partial charge in [-0.15, -0.1) is 0 Å². The molecular formula is C14H15N3O4. The van der Waals surface area contributed by atoms with Gasteiger partial charge in [0.15, 0.2) is 11.5 Å². The number of phenolic OH excluding ortho intramolecular Hbond substituents is 2. The van der Waals surface area contributed by atoms with Crippen molar-refractivity contribution in [3.8, 4) is 11.5 Å². The monoisotopic (exact) mass is 289 g/mol. The number of carbonyl (C=O) groups is 1. The summed E-state index contributed by atoms with van der Waals surface area (Å²) >= 11 is 0. The van der Waals surface area contributed by atoms with Crippen molar-refractivity contribution < 1.29 is 15.0 Å². The van der Waals surface area contributed by atoms with Gasteiger partial charge in [-0.1, -0.05) is 0 Å². The highest BCUT2D eigenvalue weighted by Gasteiger charge is 2.08. The average Bonchev–Trinajstić information content (AvgIpc) is 2.45. The van der Waals surface area contributed by atoms with E-state index in [1.54, 1.807) is 6.92 Å². The first kappa shape index (κ1) is 14.6. The van der Waals surface area contributed by atoms with Crippen molar-refractivity contribution >= 4 is 5.91 Å². The van der Waals surface area contributed by atoms with Crippen molar-refractivity contribution in [1.82, 2.24) is 15.5 Å². The van der Waals surface area contributed by atoms with Crippen LogP contribution >= 0.6 is 0 Å². The Hall–Kier alpha value is -2.83. The van der Waals surface area contributed by atoms with Gasteiger partial charge in [-0.3, -0.25) is 9.59 Å². The Morgan fingerprint density at radius 2 is 2.00 bits per heavy atom. The zero-order valence-corrected chi connectivity index (χ0v) is 11.4. The van der Waals surface area contributed by atoms with Crippen LogP contribution in [0.2, 0.25) is 0 Å². The Bertz CT molecular complexity index is 704. The highest BCUT2D eigenvalue weighted by Crippen LogP contribution is 2.27. The average molecular weight is 289 g/mol. The molecular weight excluding hydrogens is 274 g/mol. The predicted octanol–water partition coefficient (Wildman–Crippen LogP) is 0.462. The normalized spacial score (nSPS) is 10.3. The van der Waals surface area contributed by atoms with E-state index in [-0.39, 0.29) is 22.8 Å². The molecule has 0 saturated heterocycles. The van der Waals surface area contributed by atoms with E-state index in [0.717, 1.165) is 11.1 Å². The van der Waals surface area contributed by atoms with Crippen LogP contribution in [0.15, 0.2) is 29.1 Å². The summed E-state index contributed by atoms with van der Waals surface area (Å²) in [5, 5.41) is 27.3. The lowest BCUT2D eigenvalue weighted by Gasteiger charge is -2.09. The van der Waals surface area contributed by atoms with Crippen LogP contribution in [0.5, 0.6) is 11.5 Å². The molecule has 0 aliphatic heterocycles. The number of phenols is 2. The maximum Gasteiger partial charge on any atom is 0.271 e. The zero-order valence-electron chi connectivity index (χ0n) is 11.4. The van der Waals surface area contributed by atoms with Crippen LogP contribution < -0.4 is 10.9 Å². The topological polar surface area (TPSA) is 115 Å². The molecule has 0 bridgehead atoms. The van der Waals surface area contributed by atoms with E-state index < -0.39 is 5.91 Å². The molecule has 0 aliphatic carbocycles. The number of hydrogen-bond acceptors (Lipinski definition) is 5. The van der Waals surface area contributed by atoms with Gasteiger partial charge in [-0.05, 0) is 42.7 Å². The van der Waals surface area contributed by atoms with Crippen molar-refractivity contribution in [3.63, 3.8) is 0 Å². The molecule has 0 spiro atoms. The fourth-order valence-corrected chi connectivity index (χ4v) is 1.87. The highest BCUT2D eigenvalue weighted by atomic mass is 16.3. The van der Waals surface area contributed by atoms with Gasteiger partial charge in [0, 0.05) is 12.6 Å². The first-order chi connectivity index (χ1) is 9.97. The summed E-state index contributed by atoms with van der Waals surface area (Å²) in [4.78, 5) is 22.6. The van der Waals surface area contributed by atoms with Crippen molar-refractivity contribution in [2.45, 2.75) is 13.3 Å². The van der Waals surface area contributed by atoms with Gasteiger partial charge in [-0.2, -0.15) is 5.10 Å². The minimum atomic E-state index is -0.396. The molecule has 2 rings (SSSR count). The van der Waals surface area contributed by atoms with Crippen LogP contribution in [0.3, 0.4) is 0 Å². The van der Waals surface area contributed by atoms with E-state index in [1.165, 1.54) is 24.3 Å². The van der Waals surface area contributed by atoms with Gasteiger partial charge in [0.25, 0.3) is 11.5 Å². The number of rotatable bonds is 4. The largest absolute Gasteiger partial charge is 0.504 e. The summed E-state index contributed by atoms with van der Waals surface area (Å²) in [6.07, 6.45) is 0.495. The Labute approximate surface area is 120 Å². The fourth-order valence-electron chi connectivity index (χ4n) is 1.87. The van der Waals surface area contributed by atoms with Gasteiger partial charge in [0.1, 0.15) is 5.69 Å². The second-order valence-corrected chi connectivity index (χ2v) is 4.58. The zero-order chi connectivity index (χ0) is 15.4. The number of amides is 1. The lowest BCUT2D eigenvalue weighted by atomic mass is 10.0. The summed E-state index contributed by atoms with van der Waals surface area (Å²) in [5.74, 6) is -0.756. The molecule has 0 saturated carbocycles. The molecule has 0 fully saturated rings. The van der Waals surface area contributed by atoms with Crippen molar-refractivity contribution in [3.05, 3.63) is 51.4 Å². The molecule has 0 radical (unpaired) electrons. The smallest absolute Gasteiger partial charge is 0.271 e. The number of hydrogen-bond donors (Lipinski definition) is 4. The maximum atomic E-state index is 11.8. The SMILES string of the molecule is Cc1cc(O)c(O)cc1CCNC(=O)c1ccc(=O)[nH]n1. The molecule has 1 aromatic heterocycles. The van der Waals surface area contributed by atoms with Gasteiger partial charge < -0.3 is 15.5 Å². The predicted molar refractivity (Wildman–Crippen MR) is 75.4 cm³/mol. The second-order valence-electron chi connectivity index (χ2n) is 4.58. The van der Waals surface area contributed by atoms with Gasteiger partial charge in [-0.25, -0.2) is 5.10 Å². The number of aromatic amines is 1. The van der Waals surface area contributed by atoms with Crippen LogP contribution in [0.4, 0.5) is 0 Å². The first-order valence-electron chi connectivity index (χ1n) is 6.33. The van der Waals surface area contributed by atoms with Gasteiger partial charge >= 0.3 is 0 Å². The van der Waals surface area contributed by atoms with Crippen LogP contribution in [0, 0.1) is 6.92 Å². The number of carbonyl (C=O) groups excluding carboxylic acids is 1. The number of nitrogens with zero attached hydrogens (tertiary/aromatic N) is 1. The summed E-state index contributed by atoms with van der Waals surface area (Å²) in [7, 11) is 0. The number of H-pyrrole nitrogens is 1. The van der Waals surface area contributed by atoms with Crippen LogP contribution in [0.1, 0.15) is 21.6 Å². The fraction of sp³-hybridized carbons (Fsp3) is 0.214. The highest BCUT2D eigenvalue weighted by molar-refractivity contribution is 5.91. The van der Waals surface area contributed by atoms with Crippen molar-refractivity contribution in [2.75, 3.05) is 6.54 Å². The van der Waals surface area contributed by atoms with E-state index in [4.69, 9.17) is 0 Å². The molecule has 2 aromatic rings. The third-order valence-electron chi connectivity index (χ3n) is 3.02. The molecule has 4 N–H and O–H groups in total. The molecule has 7 nitrogen and oxygen atoms in total. The van der Waals surface area contributed by atoms with Crippen LogP contribution in [0.25, 0.3) is 0 Å². The Morgan fingerprint density at radius 3 is 2.67 bits per heavy atom. The van der Waals surface area contributed by atoms with Crippen LogP contribution in [-0.4, -0.2) is 32.9 Å². The summed E-state index contributed by atoms with van der Waals surface area (Å²) in [6, 6.07) is 5.50. The molecule has 0 unspecified atom stereocenters. The quantitative estimate of drug-likeness (QED) is 0.610. The van der Waals surface area contributed by atoms with E-state index >= 15 is 0 Å². The molecule has 1 amide bonds. The minimum Gasteiger partial charge on any atom is -0.504 e. The minimum absolute atomic E-state index is 0.125. The number of aromatic nitrogens is 2. The molecule has 1 aromatic carbocycles. The number of nitrogens with one attached hydrogen (secondary N) is 2. The van der Waals surface area contributed by atoms with Crippen molar-refractivity contribution in [2.24, 2.45) is 0 Å². The third kappa shape index (κ3) is 3.59. The lowest BCUT2D eigenvalue weighted by Crippen LogP contribution is -2.27. The Morgan fingerprint density at radius 1 is 1.29 bits per heavy atom. The summed E-state index contributed by atoms with van der Waals surface area (Å²) < 4.78 is 0. The molecule has 1 heterocycles. The van der Waals surface area contributed by atoms with Crippen molar-refractivity contribution in [1.29, 1.82) is 0 Å². The number of benzene rings is 1. The number of aryl methyl sites for hydroxylation is 1. The Kier molecular flexibility index (Phi) is 4.22. The third-order valence-corrected chi connectivity index (χ3v) is 3.02. The van der Waals surface area contributed by atoms with Gasteiger partial charge in [0.2, 0.25) is 0 Å².